The summed E-state index contributed by atoms with van der Waals surface area (Å²) in [7, 11) is 0. The summed E-state index contributed by atoms with van der Waals surface area (Å²) in [6.45, 7) is 2.26. The van der Waals surface area contributed by atoms with E-state index in [4.69, 9.17) is 9.52 Å². The SMILES string of the molecule is CCc1cccc(NC(=O)CNC(CCO)c2ccco2)c1. The van der Waals surface area contributed by atoms with Gasteiger partial charge in [-0.15, -0.1) is 0 Å². The van der Waals surface area contributed by atoms with E-state index in [1.165, 1.54) is 5.56 Å². The summed E-state index contributed by atoms with van der Waals surface area (Å²) in [5.41, 5.74) is 1.97. The van der Waals surface area contributed by atoms with Gasteiger partial charge in [0.05, 0.1) is 18.8 Å². The van der Waals surface area contributed by atoms with Gasteiger partial charge in [-0.1, -0.05) is 19.1 Å². The molecule has 1 amide bonds. The zero-order valence-corrected chi connectivity index (χ0v) is 12.7. The molecule has 1 atom stereocenters. The third kappa shape index (κ3) is 4.72. The maximum atomic E-state index is 12.0. The van der Waals surface area contributed by atoms with E-state index in [1.807, 2.05) is 30.3 Å². The van der Waals surface area contributed by atoms with Crippen LogP contribution in [0.5, 0.6) is 0 Å². The summed E-state index contributed by atoms with van der Waals surface area (Å²) >= 11 is 0. The van der Waals surface area contributed by atoms with Crippen molar-refractivity contribution in [3.05, 3.63) is 54.0 Å². The van der Waals surface area contributed by atoms with Crippen LogP contribution in [0, 0.1) is 0 Å². The minimum atomic E-state index is -0.173. The van der Waals surface area contributed by atoms with E-state index < -0.39 is 0 Å². The minimum absolute atomic E-state index is 0.0263. The van der Waals surface area contributed by atoms with E-state index in [-0.39, 0.29) is 25.1 Å². The van der Waals surface area contributed by atoms with Crippen molar-refractivity contribution in [1.82, 2.24) is 5.32 Å². The van der Waals surface area contributed by atoms with Crippen LogP contribution in [0.3, 0.4) is 0 Å². The highest BCUT2D eigenvalue weighted by Gasteiger charge is 2.14. The molecule has 0 aliphatic rings. The van der Waals surface area contributed by atoms with Crippen LogP contribution in [-0.4, -0.2) is 24.2 Å². The molecule has 0 radical (unpaired) electrons. The van der Waals surface area contributed by atoms with E-state index in [1.54, 1.807) is 12.3 Å². The molecule has 2 aromatic rings. The number of hydrogen-bond acceptors (Lipinski definition) is 4. The van der Waals surface area contributed by atoms with Crippen LogP contribution >= 0.6 is 0 Å². The topological polar surface area (TPSA) is 74.5 Å². The van der Waals surface area contributed by atoms with Crippen molar-refractivity contribution in [1.29, 1.82) is 0 Å². The van der Waals surface area contributed by atoms with Gasteiger partial charge in [-0.3, -0.25) is 10.1 Å². The van der Waals surface area contributed by atoms with Crippen LogP contribution in [-0.2, 0) is 11.2 Å². The van der Waals surface area contributed by atoms with Gasteiger partial charge in [-0.25, -0.2) is 0 Å². The Morgan fingerprint density at radius 2 is 2.18 bits per heavy atom. The molecule has 0 aliphatic heterocycles. The molecular formula is C17H22N2O3. The molecule has 0 fully saturated rings. The molecular weight excluding hydrogens is 280 g/mol. The zero-order valence-electron chi connectivity index (χ0n) is 12.7. The van der Waals surface area contributed by atoms with Gasteiger partial charge in [0, 0.05) is 12.3 Å². The Labute approximate surface area is 130 Å². The van der Waals surface area contributed by atoms with Crippen LogP contribution in [0.2, 0.25) is 0 Å². The fourth-order valence-electron chi connectivity index (χ4n) is 2.25. The highest BCUT2D eigenvalue weighted by atomic mass is 16.3. The monoisotopic (exact) mass is 302 g/mol. The summed E-state index contributed by atoms with van der Waals surface area (Å²) in [6.07, 6.45) is 3.00. The van der Waals surface area contributed by atoms with Gasteiger partial charge in [-0.2, -0.15) is 0 Å². The maximum absolute atomic E-state index is 12.0. The number of carbonyl (C=O) groups is 1. The van der Waals surface area contributed by atoms with E-state index >= 15 is 0 Å². The summed E-state index contributed by atoms with van der Waals surface area (Å²) in [5.74, 6) is 0.595. The van der Waals surface area contributed by atoms with Crippen molar-refractivity contribution in [2.24, 2.45) is 0 Å². The number of carbonyl (C=O) groups excluding carboxylic acids is 1. The molecule has 0 saturated heterocycles. The molecule has 0 aliphatic carbocycles. The Balaban J connectivity index is 1.88. The molecule has 2 rings (SSSR count). The van der Waals surface area contributed by atoms with Crippen molar-refractivity contribution in [3.63, 3.8) is 0 Å². The van der Waals surface area contributed by atoms with E-state index in [0.29, 0.717) is 6.42 Å². The normalized spacial score (nSPS) is 12.1. The van der Waals surface area contributed by atoms with Gasteiger partial charge in [0.1, 0.15) is 5.76 Å². The molecule has 5 heteroatoms. The molecule has 3 N–H and O–H groups in total. The van der Waals surface area contributed by atoms with Crippen LogP contribution in [0.4, 0.5) is 5.69 Å². The van der Waals surface area contributed by atoms with Gasteiger partial charge < -0.3 is 14.8 Å². The molecule has 22 heavy (non-hydrogen) atoms. The second-order valence-corrected chi connectivity index (χ2v) is 5.06. The predicted octanol–water partition coefficient (Wildman–Crippen LogP) is 2.49. The summed E-state index contributed by atoms with van der Waals surface area (Å²) < 4.78 is 5.32. The van der Waals surface area contributed by atoms with E-state index in [9.17, 15) is 4.79 Å². The number of anilines is 1. The van der Waals surface area contributed by atoms with Gasteiger partial charge in [0.25, 0.3) is 0 Å². The Morgan fingerprint density at radius 3 is 2.86 bits per heavy atom. The predicted molar refractivity (Wildman–Crippen MR) is 85.6 cm³/mol. The number of furan rings is 1. The first-order valence-electron chi connectivity index (χ1n) is 7.49. The van der Waals surface area contributed by atoms with Gasteiger partial charge >= 0.3 is 0 Å². The number of rotatable bonds is 8. The van der Waals surface area contributed by atoms with E-state index in [2.05, 4.69) is 17.6 Å². The van der Waals surface area contributed by atoms with Crippen molar-refractivity contribution in [3.8, 4) is 0 Å². The average molecular weight is 302 g/mol. The van der Waals surface area contributed by atoms with Crippen molar-refractivity contribution in [2.45, 2.75) is 25.8 Å². The number of aliphatic hydroxyl groups is 1. The number of aliphatic hydroxyl groups excluding tert-OH is 1. The van der Waals surface area contributed by atoms with Crippen LogP contribution in [0.15, 0.2) is 47.1 Å². The molecule has 1 unspecified atom stereocenters. The van der Waals surface area contributed by atoms with E-state index in [0.717, 1.165) is 17.9 Å². The number of aryl methyl sites for hydroxylation is 1. The Morgan fingerprint density at radius 1 is 1.32 bits per heavy atom. The molecule has 118 valence electrons. The number of hydrogen-bond donors (Lipinski definition) is 3. The third-order valence-corrected chi connectivity index (χ3v) is 3.43. The van der Waals surface area contributed by atoms with Crippen LogP contribution in [0.1, 0.15) is 30.7 Å². The largest absolute Gasteiger partial charge is 0.468 e. The summed E-state index contributed by atoms with van der Waals surface area (Å²) in [5, 5.41) is 15.1. The van der Waals surface area contributed by atoms with Crippen molar-refractivity contribution < 1.29 is 14.3 Å². The Kier molecular flexibility index (Phi) is 6.18. The van der Waals surface area contributed by atoms with Crippen molar-refractivity contribution in [2.75, 3.05) is 18.5 Å². The number of benzene rings is 1. The second kappa shape index (κ2) is 8.36. The lowest BCUT2D eigenvalue weighted by molar-refractivity contribution is -0.115. The Hall–Kier alpha value is -2.11. The quantitative estimate of drug-likeness (QED) is 0.700. The standard InChI is InChI=1S/C17H22N2O3/c1-2-13-5-3-6-14(11-13)19-17(21)12-18-15(8-9-20)16-7-4-10-22-16/h3-7,10-11,15,18,20H,2,8-9,12H2,1H3,(H,19,21). The Bertz CT molecular complexity index is 581. The molecule has 0 bridgehead atoms. The van der Waals surface area contributed by atoms with Gasteiger partial charge in [-0.05, 0) is 42.7 Å². The minimum Gasteiger partial charge on any atom is -0.468 e. The molecule has 1 aromatic heterocycles. The second-order valence-electron chi connectivity index (χ2n) is 5.06. The maximum Gasteiger partial charge on any atom is 0.238 e. The third-order valence-electron chi connectivity index (χ3n) is 3.43. The zero-order chi connectivity index (χ0) is 15.8. The van der Waals surface area contributed by atoms with Gasteiger partial charge in [0.2, 0.25) is 5.91 Å². The lowest BCUT2D eigenvalue weighted by Crippen LogP contribution is -2.31. The summed E-state index contributed by atoms with van der Waals surface area (Å²) in [4.78, 5) is 12.0. The van der Waals surface area contributed by atoms with Gasteiger partial charge in [0.15, 0.2) is 0 Å². The highest BCUT2D eigenvalue weighted by Crippen LogP contribution is 2.16. The fourth-order valence-corrected chi connectivity index (χ4v) is 2.25. The van der Waals surface area contributed by atoms with Crippen LogP contribution in [0.25, 0.3) is 0 Å². The first-order valence-corrected chi connectivity index (χ1v) is 7.49. The van der Waals surface area contributed by atoms with Crippen LogP contribution < -0.4 is 10.6 Å². The number of nitrogens with one attached hydrogen (secondary N) is 2. The lowest BCUT2D eigenvalue weighted by atomic mass is 10.1. The molecule has 1 aromatic carbocycles. The number of amides is 1. The first-order chi connectivity index (χ1) is 10.7. The average Bonchev–Trinajstić information content (AvgIpc) is 3.06. The summed E-state index contributed by atoms with van der Waals surface area (Å²) in [6, 6.07) is 11.2. The molecule has 0 saturated carbocycles. The molecule has 5 nitrogen and oxygen atoms in total. The lowest BCUT2D eigenvalue weighted by Gasteiger charge is -2.15. The fraction of sp³-hybridized carbons (Fsp3) is 0.353. The molecule has 0 spiro atoms. The smallest absolute Gasteiger partial charge is 0.238 e. The molecule has 1 heterocycles. The van der Waals surface area contributed by atoms with Crippen molar-refractivity contribution >= 4 is 11.6 Å². The first kappa shape index (κ1) is 16.3. The highest BCUT2D eigenvalue weighted by molar-refractivity contribution is 5.92.